The molecule has 0 radical (unpaired) electrons. The van der Waals surface area contributed by atoms with E-state index < -0.39 is 0 Å². The van der Waals surface area contributed by atoms with Gasteiger partial charge in [0.05, 0.1) is 6.61 Å². The van der Waals surface area contributed by atoms with Gasteiger partial charge in [0.2, 0.25) is 5.91 Å². The monoisotopic (exact) mass is 290 g/mol. The van der Waals surface area contributed by atoms with E-state index in [1.165, 1.54) is 12.8 Å². The van der Waals surface area contributed by atoms with Crippen molar-refractivity contribution >= 4 is 5.91 Å². The Morgan fingerprint density at radius 2 is 2.00 bits per heavy atom. The summed E-state index contributed by atoms with van der Waals surface area (Å²) < 4.78 is 5.18. The summed E-state index contributed by atoms with van der Waals surface area (Å²) in [5.74, 6) is 0.860. The van der Waals surface area contributed by atoms with Crippen molar-refractivity contribution in [2.75, 3.05) is 20.2 Å². The third-order valence-corrected chi connectivity index (χ3v) is 4.13. The summed E-state index contributed by atoms with van der Waals surface area (Å²) in [4.78, 5) is 12.0. The maximum absolute atomic E-state index is 12.0. The topological polar surface area (TPSA) is 50.4 Å². The first kappa shape index (κ1) is 16.0. The Kier molecular flexibility index (Phi) is 6.70. The molecule has 4 nitrogen and oxygen atoms in total. The van der Waals surface area contributed by atoms with Gasteiger partial charge in [-0.25, -0.2) is 0 Å². The molecule has 2 rings (SSSR count). The van der Waals surface area contributed by atoms with E-state index in [1.807, 2.05) is 24.3 Å². The van der Waals surface area contributed by atoms with Crippen LogP contribution < -0.4 is 10.6 Å². The maximum Gasteiger partial charge on any atom is 0.220 e. The lowest BCUT2D eigenvalue weighted by Gasteiger charge is -2.22. The molecule has 116 valence electrons. The Labute approximate surface area is 127 Å². The lowest BCUT2D eigenvalue weighted by molar-refractivity contribution is -0.121. The predicted octanol–water partition coefficient (Wildman–Crippen LogP) is 2.23. The highest BCUT2D eigenvalue weighted by molar-refractivity contribution is 5.75. The number of piperidine rings is 1. The lowest BCUT2D eigenvalue weighted by Crippen LogP contribution is -2.29. The Morgan fingerprint density at radius 1 is 1.29 bits per heavy atom. The average Bonchev–Trinajstić information content (AvgIpc) is 2.53. The number of amides is 1. The summed E-state index contributed by atoms with van der Waals surface area (Å²) in [6.07, 6.45) is 4.04. The molecule has 0 unspecified atom stereocenters. The van der Waals surface area contributed by atoms with Gasteiger partial charge in [0, 0.05) is 20.1 Å². The minimum atomic E-state index is 0.153. The zero-order valence-electron chi connectivity index (χ0n) is 12.9. The van der Waals surface area contributed by atoms with Crippen molar-refractivity contribution in [2.45, 2.75) is 38.8 Å². The predicted molar refractivity (Wildman–Crippen MR) is 83.8 cm³/mol. The molecular formula is C17H26N2O2. The Morgan fingerprint density at radius 3 is 2.71 bits per heavy atom. The zero-order valence-corrected chi connectivity index (χ0v) is 12.9. The molecule has 1 aromatic rings. The Hall–Kier alpha value is -1.39. The van der Waals surface area contributed by atoms with Crippen molar-refractivity contribution in [1.29, 1.82) is 0 Å². The van der Waals surface area contributed by atoms with Crippen LogP contribution >= 0.6 is 0 Å². The number of ether oxygens (including phenoxy) is 1. The highest BCUT2D eigenvalue weighted by Gasteiger charge is 2.14. The van der Waals surface area contributed by atoms with Crippen LogP contribution in [-0.2, 0) is 22.7 Å². The summed E-state index contributed by atoms with van der Waals surface area (Å²) in [5.41, 5.74) is 2.27. The first-order valence-electron chi connectivity index (χ1n) is 7.82. The highest BCUT2D eigenvalue weighted by atomic mass is 16.5. The van der Waals surface area contributed by atoms with Crippen molar-refractivity contribution in [1.82, 2.24) is 10.6 Å². The molecule has 0 aliphatic carbocycles. The van der Waals surface area contributed by atoms with Crippen molar-refractivity contribution < 1.29 is 9.53 Å². The molecule has 1 fully saturated rings. The van der Waals surface area contributed by atoms with E-state index in [9.17, 15) is 4.79 Å². The van der Waals surface area contributed by atoms with Gasteiger partial charge in [-0.2, -0.15) is 0 Å². The molecule has 4 heteroatoms. The highest BCUT2D eigenvalue weighted by Crippen LogP contribution is 2.17. The molecule has 1 heterocycles. The Bertz CT molecular complexity index is 442. The average molecular weight is 290 g/mol. The van der Waals surface area contributed by atoms with E-state index in [2.05, 4.69) is 10.6 Å². The van der Waals surface area contributed by atoms with E-state index in [-0.39, 0.29) is 5.91 Å². The SMILES string of the molecule is COCc1ccccc1CNC(=O)CCC1CCNCC1. The molecule has 21 heavy (non-hydrogen) atoms. The van der Waals surface area contributed by atoms with Crippen LogP contribution in [0.15, 0.2) is 24.3 Å². The molecule has 1 aliphatic rings. The fourth-order valence-corrected chi connectivity index (χ4v) is 2.81. The molecule has 0 spiro atoms. The van der Waals surface area contributed by atoms with E-state index in [0.29, 0.717) is 25.5 Å². The first-order valence-corrected chi connectivity index (χ1v) is 7.82. The van der Waals surface area contributed by atoms with Crippen LogP contribution in [0.4, 0.5) is 0 Å². The summed E-state index contributed by atoms with van der Waals surface area (Å²) in [6.45, 7) is 3.36. The largest absolute Gasteiger partial charge is 0.380 e. The van der Waals surface area contributed by atoms with Gasteiger partial charge >= 0.3 is 0 Å². The van der Waals surface area contributed by atoms with Crippen LogP contribution in [0.3, 0.4) is 0 Å². The number of carbonyl (C=O) groups excluding carboxylic acids is 1. The molecule has 2 N–H and O–H groups in total. The molecule has 1 saturated heterocycles. The van der Waals surface area contributed by atoms with Crippen LogP contribution in [0.5, 0.6) is 0 Å². The summed E-state index contributed by atoms with van der Waals surface area (Å²) >= 11 is 0. The van der Waals surface area contributed by atoms with E-state index in [0.717, 1.165) is 30.6 Å². The van der Waals surface area contributed by atoms with Crippen LogP contribution in [0.2, 0.25) is 0 Å². The van der Waals surface area contributed by atoms with Gasteiger partial charge in [-0.3, -0.25) is 4.79 Å². The number of hydrogen-bond donors (Lipinski definition) is 2. The molecule has 1 amide bonds. The molecule has 1 aliphatic heterocycles. The van der Waals surface area contributed by atoms with E-state index in [4.69, 9.17) is 4.74 Å². The van der Waals surface area contributed by atoms with Crippen molar-refractivity contribution in [2.24, 2.45) is 5.92 Å². The molecule has 0 aromatic heterocycles. The van der Waals surface area contributed by atoms with Gasteiger partial charge in [-0.1, -0.05) is 24.3 Å². The minimum Gasteiger partial charge on any atom is -0.380 e. The Balaban J connectivity index is 1.73. The molecule has 0 bridgehead atoms. The molecule has 0 saturated carbocycles. The smallest absolute Gasteiger partial charge is 0.220 e. The van der Waals surface area contributed by atoms with Crippen molar-refractivity contribution in [3.8, 4) is 0 Å². The van der Waals surface area contributed by atoms with Crippen molar-refractivity contribution in [3.05, 3.63) is 35.4 Å². The minimum absolute atomic E-state index is 0.153. The third kappa shape index (κ3) is 5.48. The number of carbonyl (C=O) groups is 1. The number of rotatable bonds is 7. The van der Waals surface area contributed by atoms with Gasteiger partial charge in [0.1, 0.15) is 0 Å². The van der Waals surface area contributed by atoms with Gasteiger partial charge < -0.3 is 15.4 Å². The van der Waals surface area contributed by atoms with Crippen LogP contribution in [0.1, 0.15) is 36.8 Å². The maximum atomic E-state index is 12.0. The van der Waals surface area contributed by atoms with Gasteiger partial charge in [-0.05, 0) is 49.4 Å². The van der Waals surface area contributed by atoms with Crippen molar-refractivity contribution in [3.63, 3.8) is 0 Å². The van der Waals surface area contributed by atoms with E-state index in [1.54, 1.807) is 7.11 Å². The first-order chi connectivity index (χ1) is 10.3. The zero-order chi connectivity index (χ0) is 14.9. The van der Waals surface area contributed by atoms with Gasteiger partial charge in [0.25, 0.3) is 0 Å². The molecular weight excluding hydrogens is 264 g/mol. The number of benzene rings is 1. The fourth-order valence-electron chi connectivity index (χ4n) is 2.81. The summed E-state index contributed by atoms with van der Waals surface area (Å²) in [6, 6.07) is 8.08. The summed E-state index contributed by atoms with van der Waals surface area (Å²) in [5, 5.41) is 6.38. The fraction of sp³-hybridized carbons (Fsp3) is 0.588. The lowest BCUT2D eigenvalue weighted by atomic mass is 9.93. The van der Waals surface area contributed by atoms with Gasteiger partial charge in [0.15, 0.2) is 0 Å². The second-order valence-electron chi connectivity index (χ2n) is 5.71. The second-order valence-corrected chi connectivity index (χ2v) is 5.71. The number of hydrogen-bond acceptors (Lipinski definition) is 3. The number of methoxy groups -OCH3 is 1. The van der Waals surface area contributed by atoms with Crippen LogP contribution in [0, 0.1) is 5.92 Å². The summed E-state index contributed by atoms with van der Waals surface area (Å²) in [7, 11) is 1.69. The quantitative estimate of drug-likeness (QED) is 0.809. The van der Waals surface area contributed by atoms with Crippen LogP contribution in [0.25, 0.3) is 0 Å². The number of nitrogens with one attached hydrogen (secondary N) is 2. The second kappa shape index (κ2) is 8.80. The molecule has 0 atom stereocenters. The standard InChI is InChI=1S/C17H26N2O2/c1-21-13-16-5-3-2-4-15(16)12-19-17(20)7-6-14-8-10-18-11-9-14/h2-5,14,18H,6-13H2,1H3,(H,19,20). The van der Waals surface area contributed by atoms with Crippen LogP contribution in [-0.4, -0.2) is 26.1 Å². The molecule has 1 aromatic carbocycles. The third-order valence-electron chi connectivity index (χ3n) is 4.13. The van der Waals surface area contributed by atoms with Gasteiger partial charge in [-0.15, -0.1) is 0 Å². The normalized spacial score (nSPS) is 15.9. The van der Waals surface area contributed by atoms with E-state index >= 15 is 0 Å².